The monoisotopic (exact) mass is 280 g/mol. The van der Waals surface area contributed by atoms with E-state index in [-0.39, 0.29) is 5.69 Å². The maximum absolute atomic E-state index is 11.7. The lowest BCUT2D eigenvalue weighted by Crippen LogP contribution is -2.33. The highest BCUT2D eigenvalue weighted by Gasteiger charge is 2.15. The molecule has 0 radical (unpaired) electrons. The molecule has 4 N–H and O–H groups in total. The summed E-state index contributed by atoms with van der Waals surface area (Å²) in [7, 11) is 0. The average Bonchev–Trinajstić information content (AvgIpc) is 2.39. The first kappa shape index (κ1) is 13.1. The molecule has 0 spiro atoms. The number of aromatic nitrogens is 2. The number of benzene rings is 1. The molecular formula is C11H9ClN4O3. The van der Waals surface area contributed by atoms with Gasteiger partial charge in [-0.1, -0.05) is 11.6 Å². The van der Waals surface area contributed by atoms with Crippen molar-refractivity contribution in [3.63, 3.8) is 0 Å². The van der Waals surface area contributed by atoms with Gasteiger partial charge < -0.3 is 5.11 Å². The Hall–Kier alpha value is -2.38. The number of amides is 1. The van der Waals surface area contributed by atoms with Crippen molar-refractivity contribution in [1.29, 1.82) is 0 Å². The minimum Gasteiger partial charge on any atom is -0.505 e. The van der Waals surface area contributed by atoms with Gasteiger partial charge in [-0.3, -0.25) is 15.0 Å². The first-order valence-electron chi connectivity index (χ1n) is 5.13. The maximum atomic E-state index is 11.7. The zero-order valence-electron chi connectivity index (χ0n) is 9.50. The Bertz CT molecular complexity index is 681. The minimum absolute atomic E-state index is 0.350. The smallest absolute Gasteiger partial charge is 0.289 e. The molecule has 0 aliphatic carbocycles. The predicted octanol–water partition coefficient (Wildman–Crippen LogP) is 0.195. The number of hydrogen-bond donors (Lipinski definition) is 3. The van der Waals surface area contributed by atoms with Crippen LogP contribution in [-0.2, 0) is 0 Å². The fraction of sp³-hybridized carbons (Fsp3) is 0. The fourth-order valence-corrected chi connectivity index (χ4v) is 1.57. The quantitative estimate of drug-likeness (QED) is 0.413. The summed E-state index contributed by atoms with van der Waals surface area (Å²) in [5.74, 6) is 3.62. The van der Waals surface area contributed by atoms with E-state index in [1.165, 1.54) is 0 Å². The van der Waals surface area contributed by atoms with Crippen LogP contribution < -0.4 is 16.8 Å². The first-order chi connectivity index (χ1) is 9.02. The lowest BCUT2D eigenvalue weighted by atomic mass is 10.3. The van der Waals surface area contributed by atoms with Crippen LogP contribution >= 0.6 is 11.6 Å². The van der Waals surface area contributed by atoms with Crippen LogP contribution in [0.1, 0.15) is 10.5 Å². The van der Waals surface area contributed by atoms with Crippen LogP contribution in [-0.4, -0.2) is 20.8 Å². The van der Waals surface area contributed by atoms with E-state index in [0.717, 1.165) is 10.7 Å². The minimum atomic E-state index is -0.805. The molecule has 0 fully saturated rings. The molecule has 0 saturated heterocycles. The Morgan fingerprint density at radius 1 is 1.37 bits per heavy atom. The third kappa shape index (κ3) is 2.56. The number of aromatic hydroxyl groups is 1. The largest absolute Gasteiger partial charge is 0.505 e. The summed E-state index contributed by atoms with van der Waals surface area (Å²) < 4.78 is 0.959. The van der Waals surface area contributed by atoms with Gasteiger partial charge in [-0.25, -0.2) is 5.84 Å². The summed E-state index contributed by atoms with van der Waals surface area (Å²) >= 11 is 5.74. The van der Waals surface area contributed by atoms with Gasteiger partial charge in [-0.2, -0.15) is 9.78 Å². The molecule has 1 aromatic heterocycles. The van der Waals surface area contributed by atoms with Crippen LogP contribution in [0.25, 0.3) is 5.69 Å². The highest BCUT2D eigenvalue weighted by molar-refractivity contribution is 6.30. The second-order valence-electron chi connectivity index (χ2n) is 3.58. The molecule has 1 amide bonds. The van der Waals surface area contributed by atoms with Crippen LogP contribution in [0.4, 0.5) is 0 Å². The van der Waals surface area contributed by atoms with Crippen LogP contribution in [0.15, 0.2) is 35.1 Å². The van der Waals surface area contributed by atoms with E-state index >= 15 is 0 Å². The van der Waals surface area contributed by atoms with Crippen molar-refractivity contribution >= 4 is 17.5 Å². The van der Waals surface area contributed by atoms with Gasteiger partial charge in [0.25, 0.3) is 11.5 Å². The lowest BCUT2D eigenvalue weighted by molar-refractivity contribution is 0.0943. The number of nitrogens with zero attached hydrogens (tertiary/aromatic N) is 2. The van der Waals surface area contributed by atoms with Gasteiger partial charge >= 0.3 is 0 Å². The van der Waals surface area contributed by atoms with Gasteiger partial charge in [-0.05, 0) is 24.3 Å². The summed E-state index contributed by atoms with van der Waals surface area (Å²) in [6.45, 7) is 0. The van der Waals surface area contributed by atoms with Gasteiger partial charge in [0.15, 0.2) is 11.4 Å². The van der Waals surface area contributed by atoms with Gasteiger partial charge in [0.2, 0.25) is 0 Å². The average molecular weight is 281 g/mol. The highest BCUT2D eigenvalue weighted by Crippen LogP contribution is 2.14. The number of carbonyl (C=O) groups excluding carboxylic acids is 1. The topological polar surface area (TPSA) is 110 Å². The van der Waals surface area contributed by atoms with E-state index in [0.29, 0.717) is 10.7 Å². The molecule has 0 atom stereocenters. The number of nitrogens with two attached hydrogens (primary N) is 1. The van der Waals surface area contributed by atoms with Gasteiger partial charge in [0, 0.05) is 11.1 Å². The van der Waals surface area contributed by atoms with E-state index < -0.39 is 17.2 Å². The summed E-state index contributed by atoms with van der Waals surface area (Å²) in [5.41, 5.74) is 1.30. The van der Waals surface area contributed by atoms with E-state index in [1.807, 2.05) is 5.43 Å². The summed E-state index contributed by atoms with van der Waals surface area (Å²) in [6.07, 6.45) is 0. The standard InChI is InChI=1S/C11H9ClN4O3/c12-6-1-3-7(4-2-6)16-9(18)5-8(17)10(15-16)11(19)14-13/h1-5,17H,13H2,(H,14,19). The van der Waals surface area contributed by atoms with Crippen molar-refractivity contribution in [2.24, 2.45) is 5.84 Å². The highest BCUT2D eigenvalue weighted by atomic mass is 35.5. The zero-order valence-corrected chi connectivity index (χ0v) is 10.3. The number of nitrogens with one attached hydrogen (secondary N) is 1. The van der Waals surface area contributed by atoms with Gasteiger partial charge in [0.05, 0.1) is 5.69 Å². The number of rotatable bonds is 2. The first-order valence-corrected chi connectivity index (χ1v) is 5.51. The molecule has 0 aliphatic heterocycles. The summed E-state index contributed by atoms with van der Waals surface area (Å²) in [5, 5.41) is 13.8. The molecule has 98 valence electrons. The van der Waals surface area contributed by atoms with Crippen molar-refractivity contribution in [3.05, 3.63) is 51.4 Å². The third-order valence-corrected chi connectivity index (χ3v) is 2.58. The predicted molar refractivity (Wildman–Crippen MR) is 68.2 cm³/mol. The molecule has 19 heavy (non-hydrogen) atoms. The lowest BCUT2D eigenvalue weighted by Gasteiger charge is -2.07. The molecule has 8 heteroatoms. The molecule has 0 bridgehead atoms. The van der Waals surface area contributed by atoms with E-state index in [9.17, 15) is 14.7 Å². The van der Waals surface area contributed by atoms with Crippen molar-refractivity contribution in [2.45, 2.75) is 0 Å². The normalized spacial score (nSPS) is 10.2. The fourth-order valence-electron chi connectivity index (χ4n) is 1.44. The van der Waals surface area contributed by atoms with Crippen LogP contribution in [0.3, 0.4) is 0 Å². The number of nitrogen functional groups attached to an aromatic ring is 1. The van der Waals surface area contributed by atoms with Crippen molar-refractivity contribution in [3.8, 4) is 11.4 Å². The zero-order chi connectivity index (χ0) is 14.0. The molecule has 2 rings (SSSR count). The number of hydrazine groups is 1. The number of carbonyl (C=O) groups is 1. The van der Waals surface area contributed by atoms with E-state index in [2.05, 4.69) is 5.10 Å². The van der Waals surface area contributed by atoms with Gasteiger partial charge in [-0.15, -0.1) is 0 Å². The van der Waals surface area contributed by atoms with Crippen molar-refractivity contribution in [2.75, 3.05) is 0 Å². The van der Waals surface area contributed by atoms with Crippen molar-refractivity contribution < 1.29 is 9.90 Å². The Morgan fingerprint density at radius 2 is 2.00 bits per heavy atom. The SMILES string of the molecule is NNC(=O)c1nn(-c2ccc(Cl)cc2)c(=O)cc1O. The Labute approximate surface area is 112 Å². The molecule has 1 aromatic carbocycles. The molecule has 0 saturated carbocycles. The van der Waals surface area contributed by atoms with Crippen LogP contribution in [0, 0.1) is 0 Å². The Balaban J connectivity index is 2.60. The molecule has 0 unspecified atom stereocenters. The van der Waals surface area contributed by atoms with Gasteiger partial charge in [0.1, 0.15) is 0 Å². The molecular weight excluding hydrogens is 272 g/mol. The second kappa shape index (κ2) is 5.09. The van der Waals surface area contributed by atoms with Crippen LogP contribution in [0.2, 0.25) is 5.02 Å². The Kier molecular flexibility index (Phi) is 3.50. The van der Waals surface area contributed by atoms with Crippen LogP contribution in [0.5, 0.6) is 5.75 Å². The number of halogens is 1. The summed E-state index contributed by atoms with van der Waals surface area (Å²) in [6, 6.07) is 7.13. The second-order valence-corrected chi connectivity index (χ2v) is 4.01. The van der Waals surface area contributed by atoms with E-state index in [1.54, 1.807) is 24.3 Å². The molecule has 1 heterocycles. The molecule has 2 aromatic rings. The summed E-state index contributed by atoms with van der Waals surface area (Å²) in [4.78, 5) is 23.1. The Morgan fingerprint density at radius 3 is 2.58 bits per heavy atom. The van der Waals surface area contributed by atoms with E-state index in [4.69, 9.17) is 17.4 Å². The van der Waals surface area contributed by atoms with Crippen molar-refractivity contribution in [1.82, 2.24) is 15.2 Å². The number of hydrogen-bond acceptors (Lipinski definition) is 5. The maximum Gasteiger partial charge on any atom is 0.289 e. The third-order valence-electron chi connectivity index (χ3n) is 2.33. The molecule has 7 nitrogen and oxygen atoms in total. The molecule has 0 aliphatic rings.